The fourth-order valence-electron chi connectivity index (χ4n) is 3.48. The predicted octanol–water partition coefficient (Wildman–Crippen LogP) is 6.91. The Bertz CT molecular complexity index is 665. The number of esters is 2. The lowest BCUT2D eigenvalue weighted by Gasteiger charge is -2.16. The molecule has 0 saturated heterocycles. The molecule has 6 heteroatoms. The first kappa shape index (κ1) is 34.8. The van der Waals surface area contributed by atoms with E-state index in [4.69, 9.17) is 9.47 Å². The quantitative estimate of drug-likeness (QED) is 0.0622. The van der Waals surface area contributed by atoms with Crippen LogP contribution in [0.15, 0.2) is 48.6 Å². The van der Waals surface area contributed by atoms with E-state index in [9.17, 15) is 19.8 Å². The van der Waals surface area contributed by atoms with Crippen LogP contribution in [0.25, 0.3) is 0 Å². The summed E-state index contributed by atoms with van der Waals surface area (Å²) in [5.41, 5.74) is 0. The molecule has 212 valence electrons. The topological polar surface area (TPSA) is 93.1 Å². The van der Waals surface area contributed by atoms with Crippen LogP contribution >= 0.6 is 0 Å². The number of carbonyl (C=O) groups is 2. The number of rotatable bonds is 24. The molecule has 0 rings (SSSR count). The molecule has 0 fully saturated rings. The molecule has 0 unspecified atom stereocenters. The van der Waals surface area contributed by atoms with E-state index in [0.717, 1.165) is 51.4 Å². The predicted molar refractivity (Wildman–Crippen MR) is 151 cm³/mol. The number of hydrogen-bond acceptors (Lipinski definition) is 6. The van der Waals surface area contributed by atoms with Gasteiger partial charge in [-0.25, -0.2) is 0 Å². The summed E-state index contributed by atoms with van der Waals surface area (Å²) < 4.78 is 10.3. The lowest BCUT2D eigenvalue weighted by Crippen LogP contribution is -2.28. The summed E-state index contributed by atoms with van der Waals surface area (Å²) in [7, 11) is 0. The van der Waals surface area contributed by atoms with Crippen molar-refractivity contribution in [2.45, 2.75) is 122 Å². The zero-order valence-corrected chi connectivity index (χ0v) is 23.3. The maximum absolute atomic E-state index is 11.9. The largest absolute Gasteiger partial charge is 0.462 e. The molecule has 0 spiro atoms. The van der Waals surface area contributed by atoms with E-state index in [1.807, 2.05) is 18.2 Å². The molecular formula is C31H52O6. The molecule has 2 N–H and O–H groups in total. The van der Waals surface area contributed by atoms with Gasteiger partial charge in [0, 0.05) is 12.8 Å². The van der Waals surface area contributed by atoms with Crippen LogP contribution in [0.5, 0.6) is 0 Å². The Kier molecular flexibility index (Phi) is 25.3. The maximum Gasteiger partial charge on any atom is 0.306 e. The zero-order chi connectivity index (χ0) is 27.4. The Labute approximate surface area is 225 Å². The van der Waals surface area contributed by atoms with Crippen LogP contribution in [0, 0.1) is 0 Å². The Morgan fingerprint density at radius 3 is 2.14 bits per heavy atom. The van der Waals surface area contributed by atoms with E-state index >= 15 is 0 Å². The zero-order valence-electron chi connectivity index (χ0n) is 23.3. The van der Waals surface area contributed by atoms with Crippen LogP contribution in [0.4, 0.5) is 0 Å². The fourth-order valence-corrected chi connectivity index (χ4v) is 3.48. The lowest BCUT2D eigenvalue weighted by atomic mass is 10.1. The summed E-state index contributed by atoms with van der Waals surface area (Å²) in [5.74, 6) is -0.815. The minimum atomic E-state index is -0.839. The SMILES string of the molecule is CCCCC/C=C\C/C=C\C/C=C\C=C\[C@@H](O)CCCC(=O)OC[C@H](CO)OC(=O)CCCCCCC. The first-order valence-corrected chi connectivity index (χ1v) is 14.3. The van der Waals surface area contributed by atoms with Gasteiger partial charge in [0.2, 0.25) is 0 Å². The fraction of sp³-hybridized carbons (Fsp3) is 0.677. The van der Waals surface area contributed by atoms with Crippen molar-refractivity contribution in [2.75, 3.05) is 13.2 Å². The Hall–Kier alpha value is -2.18. The molecular weight excluding hydrogens is 468 g/mol. The summed E-state index contributed by atoms with van der Waals surface area (Å²) in [6.07, 6.45) is 28.0. The van der Waals surface area contributed by atoms with Crippen molar-refractivity contribution >= 4 is 11.9 Å². The van der Waals surface area contributed by atoms with Gasteiger partial charge in [-0.2, -0.15) is 0 Å². The van der Waals surface area contributed by atoms with E-state index in [0.29, 0.717) is 19.3 Å². The van der Waals surface area contributed by atoms with Crippen molar-refractivity contribution < 1.29 is 29.3 Å². The van der Waals surface area contributed by atoms with Crippen LogP contribution in [0.2, 0.25) is 0 Å². The van der Waals surface area contributed by atoms with Gasteiger partial charge in [-0.15, -0.1) is 0 Å². The molecule has 0 aromatic heterocycles. The van der Waals surface area contributed by atoms with Gasteiger partial charge >= 0.3 is 11.9 Å². The maximum atomic E-state index is 11.9. The lowest BCUT2D eigenvalue weighted by molar-refractivity contribution is -0.161. The van der Waals surface area contributed by atoms with E-state index in [1.54, 1.807) is 6.08 Å². The molecule has 0 aromatic rings. The van der Waals surface area contributed by atoms with Gasteiger partial charge in [-0.1, -0.05) is 101 Å². The molecule has 6 nitrogen and oxygen atoms in total. The monoisotopic (exact) mass is 520 g/mol. The molecule has 0 aliphatic rings. The first-order valence-electron chi connectivity index (χ1n) is 14.3. The minimum absolute atomic E-state index is 0.155. The van der Waals surface area contributed by atoms with E-state index in [1.165, 1.54) is 19.3 Å². The van der Waals surface area contributed by atoms with Gasteiger partial charge in [0.15, 0.2) is 6.10 Å². The molecule has 2 atom stereocenters. The molecule has 37 heavy (non-hydrogen) atoms. The molecule has 0 saturated carbocycles. The highest BCUT2D eigenvalue weighted by Gasteiger charge is 2.16. The number of unbranched alkanes of at least 4 members (excludes halogenated alkanes) is 7. The van der Waals surface area contributed by atoms with Crippen molar-refractivity contribution in [3.8, 4) is 0 Å². The number of aliphatic hydroxyl groups excluding tert-OH is 2. The number of hydrogen-bond donors (Lipinski definition) is 2. The van der Waals surface area contributed by atoms with Crippen molar-refractivity contribution in [3.63, 3.8) is 0 Å². The standard InChI is InChI=1S/C31H52O6/c1-3-5-7-9-10-11-12-13-14-15-16-18-19-22-28(33)23-21-25-30(34)36-27-29(26-32)37-31(35)24-20-17-8-6-4-2/h10-11,13-14,16,18-19,22,28-29,32-33H,3-9,12,15,17,20-21,23-27H2,1-2H3/b11-10-,14-13-,18-16-,22-19+/t28-,29+/m1/s1. The minimum Gasteiger partial charge on any atom is -0.462 e. The van der Waals surface area contributed by atoms with E-state index < -0.39 is 24.8 Å². The second-order valence-corrected chi connectivity index (χ2v) is 9.32. The molecule has 0 radical (unpaired) electrons. The highest BCUT2D eigenvalue weighted by molar-refractivity contribution is 5.70. The van der Waals surface area contributed by atoms with E-state index in [2.05, 4.69) is 38.2 Å². The molecule has 0 aliphatic carbocycles. The van der Waals surface area contributed by atoms with E-state index in [-0.39, 0.29) is 19.0 Å². The van der Waals surface area contributed by atoms with Gasteiger partial charge in [-0.3, -0.25) is 9.59 Å². The highest BCUT2D eigenvalue weighted by Crippen LogP contribution is 2.08. The Morgan fingerprint density at radius 1 is 0.757 bits per heavy atom. The smallest absolute Gasteiger partial charge is 0.306 e. The third-order valence-electron chi connectivity index (χ3n) is 5.73. The van der Waals surface area contributed by atoms with Crippen LogP contribution in [0.3, 0.4) is 0 Å². The first-order chi connectivity index (χ1) is 18.0. The van der Waals surface area contributed by atoms with Crippen LogP contribution in [-0.2, 0) is 19.1 Å². The number of ether oxygens (including phenoxy) is 2. The molecule has 0 heterocycles. The second kappa shape index (κ2) is 26.9. The Balaban J connectivity index is 3.88. The molecule has 0 amide bonds. The average molecular weight is 521 g/mol. The van der Waals surface area contributed by atoms with Gasteiger partial charge in [0.25, 0.3) is 0 Å². The van der Waals surface area contributed by atoms with Crippen molar-refractivity contribution in [1.29, 1.82) is 0 Å². The molecule has 0 bridgehead atoms. The van der Waals surface area contributed by atoms with Gasteiger partial charge in [0.1, 0.15) is 6.61 Å². The van der Waals surface area contributed by atoms with Crippen molar-refractivity contribution in [3.05, 3.63) is 48.6 Å². The number of allylic oxidation sites excluding steroid dienone is 7. The second-order valence-electron chi connectivity index (χ2n) is 9.32. The third kappa shape index (κ3) is 25.3. The van der Waals surface area contributed by atoms with Crippen molar-refractivity contribution in [1.82, 2.24) is 0 Å². The average Bonchev–Trinajstić information content (AvgIpc) is 2.89. The van der Waals surface area contributed by atoms with Gasteiger partial charge in [-0.05, 0) is 44.9 Å². The number of aliphatic hydroxyl groups is 2. The van der Waals surface area contributed by atoms with Gasteiger partial charge < -0.3 is 19.7 Å². The molecule has 0 aliphatic heterocycles. The summed E-state index contributed by atoms with van der Waals surface area (Å²) in [6.45, 7) is 3.80. The van der Waals surface area contributed by atoms with Crippen LogP contribution in [-0.4, -0.2) is 47.6 Å². The normalized spacial score (nSPS) is 13.7. The third-order valence-corrected chi connectivity index (χ3v) is 5.73. The van der Waals surface area contributed by atoms with Crippen molar-refractivity contribution in [2.24, 2.45) is 0 Å². The summed E-state index contributed by atoms with van der Waals surface area (Å²) in [5, 5.41) is 19.4. The highest BCUT2D eigenvalue weighted by atomic mass is 16.6. The summed E-state index contributed by atoms with van der Waals surface area (Å²) >= 11 is 0. The molecule has 0 aromatic carbocycles. The number of carbonyl (C=O) groups excluding carboxylic acids is 2. The summed E-state index contributed by atoms with van der Waals surface area (Å²) in [6, 6.07) is 0. The Morgan fingerprint density at radius 2 is 1.41 bits per heavy atom. The summed E-state index contributed by atoms with van der Waals surface area (Å²) in [4.78, 5) is 23.8. The van der Waals surface area contributed by atoms with Gasteiger partial charge in [0.05, 0.1) is 12.7 Å². The van der Waals surface area contributed by atoms with Crippen LogP contribution in [0.1, 0.15) is 110 Å². The van der Waals surface area contributed by atoms with Crippen LogP contribution < -0.4 is 0 Å².